The van der Waals surface area contributed by atoms with E-state index in [0.29, 0.717) is 5.65 Å². The smallest absolute Gasteiger partial charge is 0.242 e. The van der Waals surface area contributed by atoms with E-state index in [-0.39, 0.29) is 18.5 Å². The summed E-state index contributed by atoms with van der Waals surface area (Å²) in [4.78, 5) is 17.2. The Bertz CT molecular complexity index is 1170. The van der Waals surface area contributed by atoms with Crippen LogP contribution in [0, 0.1) is 13.8 Å². The number of hydrogen-bond donors (Lipinski definition) is 1. The molecule has 0 aliphatic rings. The number of aromatic nitrogens is 5. The van der Waals surface area contributed by atoms with Gasteiger partial charge < -0.3 is 5.32 Å². The fourth-order valence-electron chi connectivity index (χ4n) is 3.69. The van der Waals surface area contributed by atoms with Crippen LogP contribution in [-0.4, -0.2) is 30.5 Å². The second kappa shape index (κ2) is 7.50. The Labute approximate surface area is 169 Å². The lowest BCUT2D eigenvalue weighted by molar-refractivity contribution is -0.122. The average molecular weight is 388 g/mol. The standard InChI is InChI=1S/C22H24N6O/c1-14(19-12-24-27(4)16(19)3)25-20(29)13-28-22-21(15(2)26-28)18(10-11-23-22)17-8-6-5-7-9-17/h5-12,14H,13H2,1-4H3,(H,25,29). The minimum Gasteiger partial charge on any atom is -0.348 e. The van der Waals surface area contributed by atoms with Crippen LogP contribution in [0.4, 0.5) is 0 Å². The predicted octanol–water partition coefficient (Wildman–Crippen LogP) is 3.33. The quantitative estimate of drug-likeness (QED) is 0.569. The van der Waals surface area contributed by atoms with Crippen LogP contribution in [0.2, 0.25) is 0 Å². The first kappa shape index (κ1) is 18.9. The van der Waals surface area contributed by atoms with Crippen LogP contribution < -0.4 is 5.32 Å². The van der Waals surface area contributed by atoms with E-state index < -0.39 is 0 Å². The van der Waals surface area contributed by atoms with Crippen molar-refractivity contribution < 1.29 is 4.79 Å². The summed E-state index contributed by atoms with van der Waals surface area (Å²) in [7, 11) is 1.89. The number of fused-ring (bicyclic) bond motifs is 1. The summed E-state index contributed by atoms with van der Waals surface area (Å²) in [6.45, 7) is 6.01. The summed E-state index contributed by atoms with van der Waals surface area (Å²) in [6.07, 6.45) is 3.56. The normalized spacial score (nSPS) is 12.3. The number of pyridine rings is 1. The van der Waals surface area contributed by atoms with Crippen molar-refractivity contribution in [3.8, 4) is 11.1 Å². The number of nitrogens with zero attached hydrogens (tertiary/aromatic N) is 5. The van der Waals surface area contributed by atoms with Gasteiger partial charge in [-0.15, -0.1) is 0 Å². The number of rotatable bonds is 5. The van der Waals surface area contributed by atoms with E-state index in [2.05, 4.69) is 32.6 Å². The predicted molar refractivity (Wildman–Crippen MR) is 112 cm³/mol. The van der Waals surface area contributed by atoms with Crippen LogP contribution >= 0.6 is 0 Å². The van der Waals surface area contributed by atoms with Gasteiger partial charge >= 0.3 is 0 Å². The summed E-state index contributed by atoms with van der Waals surface area (Å²) in [5, 5.41) is 12.9. The van der Waals surface area contributed by atoms with Gasteiger partial charge in [0.1, 0.15) is 6.54 Å². The van der Waals surface area contributed by atoms with E-state index in [4.69, 9.17) is 0 Å². The van der Waals surface area contributed by atoms with Gasteiger partial charge in [-0.05, 0) is 38.0 Å². The van der Waals surface area contributed by atoms with Gasteiger partial charge in [0, 0.05) is 29.9 Å². The molecule has 1 amide bonds. The van der Waals surface area contributed by atoms with Crippen LogP contribution in [0.3, 0.4) is 0 Å². The first-order chi connectivity index (χ1) is 14.0. The van der Waals surface area contributed by atoms with Gasteiger partial charge in [0.2, 0.25) is 5.91 Å². The lowest BCUT2D eigenvalue weighted by Gasteiger charge is -2.14. The van der Waals surface area contributed by atoms with E-state index in [9.17, 15) is 4.79 Å². The Morgan fingerprint density at radius 3 is 2.62 bits per heavy atom. The highest BCUT2D eigenvalue weighted by Crippen LogP contribution is 2.29. The van der Waals surface area contributed by atoms with Crippen molar-refractivity contribution in [2.45, 2.75) is 33.4 Å². The molecule has 3 heterocycles. The van der Waals surface area contributed by atoms with Crippen molar-refractivity contribution >= 4 is 16.9 Å². The molecular formula is C22H24N6O. The first-order valence-electron chi connectivity index (χ1n) is 9.61. The number of hydrogen-bond acceptors (Lipinski definition) is 4. The molecule has 0 spiro atoms. The van der Waals surface area contributed by atoms with E-state index >= 15 is 0 Å². The van der Waals surface area contributed by atoms with E-state index in [1.54, 1.807) is 21.8 Å². The maximum atomic E-state index is 12.7. The lowest BCUT2D eigenvalue weighted by atomic mass is 10.0. The maximum Gasteiger partial charge on any atom is 0.242 e. The van der Waals surface area contributed by atoms with Gasteiger partial charge in [-0.3, -0.25) is 9.48 Å². The van der Waals surface area contributed by atoms with Crippen molar-refractivity contribution in [3.63, 3.8) is 0 Å². The number of carbonyl (C=O) groups excluding carboxylic acids is 1. The molecule has 0 aliphatic heterocycles. The monoisotopic (exact) mass is 388 g/mol. The number of carbonyl (C=O) groups is 1. The van der Waals surface area contributed by atoms with E-state index in [1.807, 2.05) is 52.1 Å². The molecule has 148 valence electrons. The van der Waals surface area contributed by atoms with Crippen molar-refractivity contribution in [2.75, 3.05) is 0 Å². The van der Waals surface area contributed by atoms with E-state index in [1.165, 1.54) is 0 Å². The Hall–Kier alpha value is -3.48. The maximum absolute atomic E-state index is 12.7. The first-order valence-corrected chi connectivity index (χ1v) is 9.61. The van der Waals surface area contributed by atoms with Gasteiger partial charge in [-0.1, -0.05) is 30.3 Å². The minimum atomic E-state index is -0.132. The third-order valence-corrected chi connectivity index (χ3v) is 5.30. The van der Waals surface area contributed by atoms with Crippen LogP contribution in [0.25, 0.3) is 22.2 Å². The molecule has 7 nitrogen and oxygen atoms in total. The fourth-order valence-corrected chi connectivity index (χ4v) is 3.69. The van der Waals surface area contributed by atoms with Gasteiger partial charge in [-0.25, -0.2) is 9.67 Å². The zero-order valence-corrected chi connectivity index (χ0v) is 17.0. The third kappa shape index (κ3) is 3.51. The van der Waals surface area contributed by atoms with Gasteiger partial charge in [0.25, 0.3) is 0 Å². The zero-order valence-electron chi connectivity index (χ0n) is 17.0. The molecule has 1 unspecified atom stereocenters. The highest BCUT2D eigenvalue weighted by molar-refractivity contribution is 5.95. The molecule has 1 atom stereocenters. The number of nitrogens with one attached hydrogen (secondary N) is 1. The molecule has 1 aromatic carbocycles. The van der Waals surface area contributed by atoms with Crippen molar-refractivity contribution in [2.24, 2.45) is 7.05 Å². The largest absolute Gasteiger partial charge is 0.348 e. The molecule has 29 heavy (non-hydrogen) atoms. The van der Waals surface area contributed by atoms with Crippen molar-refractivity contribution in [1.82, 2.24) is 29.9 Å². The van der Waals surface area contributed by atoms with Crippen LogP contribution in [0.15, 0.2) is 48.8 Å². The molecule has 0 saturated heterocycles. The summed E-state index contributed by atoms with van der Waals surface area (Å²) in [5.41, 5.74) is 5.78. The summed E-state index contributed by atoms with van der Waals surface area (Å²) >= 11 is 0. The van der Waals surface area contributed by atoms with Gasteiger partial charge in [0.05, 0.1) is 17.9 Å². The highest BCUT2D eigenvalue weighted by Gasteiger charge is 2.18. The zero-order chi connectivity index (χ0) is 20.5. The fraction of sp³-hybridized carbons (Fsp3) is 0.273. The van der Waals surface area contributed by atoms with Crippen LogP contribution in [0.1, 0.15) is 29.9 Å². The van der Waals surface area contributed by atoms with Crippen molar-refractivity contribution in [1.29, 1.82) is 0 Å². The molecule has 0 saturated carbocycles. The Kier molecular flexibility index (Phi) is 4.88. The van der Waals surface area contributed by atoms with Crippen LogP contribution in [-0.2, 0) is 18.4 Å². The molecule has 0 radical (unpaired) electrons. The van der Waals surface area contributed by atoms with Crippen LogP contribution in [0.5, 0.6) is 0 Å². The summed E-state index contributed by atoms with van der Waals surface area (Å²) in [5.74, 6) is -0.114. The Balaban J connectivity index is 1.60. The molecule has 7 heteroatoms. The van der Waals surface area contributed by atoms with E-state index in [0.717, 1.165) is 33.5 Å². The third-order valence-electron chi connectivity index (χ3n) is 5.30. The number of amides is 1. The summed E-state index contributed by atoms with van der Waals surface area (Å²) < 4.78 is 3.48. The molecular weight excluding hydrogens is 364 g/mol. The summed E-state index contributed by atoms with van der Waals surface area (Å²) in [6, 6.07) is 12.0. The second-order valence-corrected chi connectivity index (χ2v) is 7.26. The minimum absolute atomic E-state index is 0.110. The SMILES string of the molecule is Cc1nn(CC(=O)NC(C)c2cnn(C)c2C)c2nccc(-c3ccccc3)c12. The molecule has 0 bridgehead atoms. The highest BCUT2D eigenvalue weighted by atomic mass is 16.2. The Morgan fingerprint density at radius 1 is 1.17 bits per heavy atom. The van der Waals surface area contributed by atoms with Crippen molar-refractivity contribution in [3.05, 3.63) is 65.7 Å². The molecule has 4 rings (SSSR count). The Morgan fingerprint density at radius 2 is 1.93 bits per heavy atom. The number of benzene rings is 1. The lowest BCUT2D eigenvalue weighted by Crippen LogP contribution is -2.30. The molecule has 1 N–H and O–H groups in total. The molecule has 0 aliphatic carbocycles. The second-order valence-electron chi connectivity index (χ2n) is 7.26. The number of aryl methyl sites for hydroxylation is 2. The molecule has 3 aromatic heterocycles. The molecule has 0 fully saturated rings. The average Bonchev–Trinajstić information content (AvgIpc) is 3.22. The topological polar surface area (TPSA) is 77.6 Å². The molecule has 4 aromatic rings. The van der Waals surface area contributed by atoms with Gasteiger partial charge in [-0.2, -0.15) is 10.2 Å². The van der Waals surface area contributed by atoms with Gasteiger partial charge in [0.15, 0.2) is 5.65 Å².